The summed E-state index contributed by atoms with van der Waals surface area (Å²) in [5.74, 6) is 1.11. The lowest BCUT2D eigenvalue weighted by molar-refractivity contribution is 0.0963. The number of aromatic nitrogens is 1. The summed E-state index contributed by atoms with van der Waals surface area (Å²) in [6.45, 7) is 8.31. The topological polar surface area (TPSA) is 78.4 Å². The first-order valence-corrected chi connectivity index (χ1v) is 9.69. The van der Waals surface area contributed by atoms with Gasteiger partial charge < -0.3 is 16.0 Å². The summed E-state index contributed by atoms with van der Waals surface area (Å²) in [5, 5.41) is 12.3. The van der Waals surface area contributed by atoms with Crippen molar-refractivity contribution in [3.05, 3.63) is 51.5 Å². The molecule has 8 heteroatoms. The monoisotopic (exact) mass is 501 g/mol. The third-order valence-electron chi connectivity index (χ3n) is 3.78. The van der Waals surface area contributed by atoms with Crippen LogP contribution in [0.25, 0.3) is 0 Å². The molecular formula is C19H28IN5OS. The molecule has 0 bridgehead atoms. The highest BCUT2D eigenvalue weighted by molar-refractivity contribution is 14.0. The van der Waals surface area contributed by atoms with Gasteiger partial charge in [-0.1, -0.05) is 26.0 Å². The van der Waals surface area contributed by atoms with E-state index in [1.807, 2.05) is 31.2 Å². The third kappa shape index (κ3) is 7.45. The maximum Gasteiger partial charge on any atom is 0.251 e. The molecule has 0 spiro atoms. The molecule has 1 amide bonds. The first-order valence-electron chi connectivity index (χ1n) is 8.81. The summed E-state index contributed by atoms with van der Waals surface area (Å²) < 4.78 is 0. The van der Waals surface area contributed by atoms with Crippen LogP contribution >= 0.6 is 35.3 Å². The van der Waals surface area contributed by atoms with Gasteiger partial charge in [0.15, 0.2) is 5.96 Å². The van der Waals surface area contributed by atoms with Gasteiger partial charge in [-0.3, -0.25) is 4.79 Å². The molecule has 0 atom stereocenters. The number of hydrogen-bond donors (Lipinski definition) is 3. The molecule has 1 aromatic carbocycles. The van der Waals surface area contributed by atoms with E-state index >= 15 is 0 Å². The quantitative estimate of drug-likeness (QED) is 0.309. The van der Waals surface area contributed by atoms with Crippen LogP contribution in [0.5, 0.6) is 0 Å². The van der Waals surface area contributed by atoms with Crippen molar-refractivity contribution in [3.8, 4) is 0 Å². The smallest absolute Gasteiger partial charge is 0.251 e. The minimum absolute atomic E-state index is 0. The lowest BCUT2D eigenvalue weighted by Gasteiger charge is -2.10. The van der Waals surface area contributed by atoms with Gasteiger partial charge in [0, 0.05) is 24.5 Å². The minimum atomic E-state index is -0.0840. The van der Waals surface area contributed by atoms with Crippen LogP contribution in [0.1, 0.15) is 53.3 Å². The number of benzene rings is 1. The Bertz CT molecular complexity index is 743. The SMILES string of the molecule is CCNC(=NCc1ccc(C(=O)NC)cc1)NCc1nc(C(C)C)cs1.I. The largest absolute Gasteiger partial charge is 0.357 e. The summed E-state index contributed by atoms with van der Waals surface area (Å²) >= 11 is 1.66. The molecule has 0 aliphatic carbocycles. The van der Waals surface area contributed by atoms with Crippen LogP contribution in [-0.2, 0) is 13.1 Å². The molecule has 148 valence electrons. The first kappa shape index (κ1) is 23.4. The van der Waals surface area contributed by atoms with E-state index in [1.54, 1.807) is 18.4 Å². The molecule has 0 saturated heterocycles. The van der Waals surface area contributed by atoms with Crippen LogP contribution in [0.4, 0.5) is 0 Å². The van der Waals surface area contributed by atoms with Crippen molar-refractivity contribution in [2.24, 2.45) is 4.99 Å². The van der Waals surface area contributed by atoms with E-state index in [4.69, 9.17) is 0 Å². The summed E-state index contributed by atoms with van der Waals surface area (Å²) in [6.07, 6.45) is 0. The van der Waals surface area contributed by atoms with Gasteiger partial charge >= 0.3 is 0 Å². The molecule has 0 aliphatic rings. The van der Waals surface area contributed by atoms with Crippen LogP contribution in [-0.4, -0.2) is 30.4 Å². The zero-order valence-corrected chi connectivity index (χ0v) is 19.4. The fourth-order valence-electron chi connectivity index (χ4n) is 2.25. The number of rotatable bonds is 7. The highest BCUT2D eigenvalue weighted by atomic mass is 127. The number of carbonyl (C=O) groups excluding carboxylic acids is 1. The molecule has 0 aliphatic heterocycles. The Balaban J connectivity index is 0.00000364. The molecule has 27 heavy (non-hydrogen) atoms. The second-order valence-electron chi connectivity index (χ2n) is 6.15. The van der Waals surface area contributed by atoms with Crippen LogP contribution < -0.4 is 16.0 Å². The Labute approximate surface area is 182 Å². The standard InChI is InChI=1S/C19H27N5OS.HI/c1-5-21-19(23-11-17-24-16(12-26-17)13(2)3)22-10-14-6-8-15(9-7-14)18(25)20-4;/h6-9,12-13H,5,10-11H2,1-4H3,(H,20,25)(H2,21,22,23);1H. The fourth-order valence-corrected chi connectivity index (χ4v) is 3.14. The van der Waals surface area contributed by atoms with Gasteiger partial charge in [-0.05, 0) is 30.5 Å². The zero-order valence-electron chi connectivity index (χ0n) is 16.2. The number of nitrogens with one attached hydrogen (secondary N) is 3. The van der Waals surface area contributed by atoms with Gasteiger partial charge in [0.25, 0.3) is 5.91 Å². The lowest BCUT2D eigenvalue weighted by atomic mass is 10.1. The van der Waals surface area contributed by atoms with Crippen LogP contribution in [0.2, 0.25) is 0 Å². The Morgan fingerprint density at radius 1 is 1.22 bits per heavy atom. The van der Waals surface area contributed by atoms with E-state index in [0.29, 0.717) is 24.6 Å². The zero-order chi connectivity index (χ0) is 18.9. The Morgan fingerprint density at radius 2 is 1.93 bits per heavy atom. The molecule has 3 N–H and O–H groups in total. The predicted molar refractivity (Wildman–Crippen MR) is 123 cm³/mol. The number of guanidine groups is 1. The molecule has 0 fully saturated rings. The van der Waals surface area contributed by atoms with Gasteiger partial charge in [0.05, 0.1) is 18.8 Å². The molecule has 2 rings (SSSR count). The van der Waals surface area contributed by atoms with Gasteiger partial charge in [-0.2, -0.15) is 0 Å². The van der Waals surface area contributed by atoms with E-state index in [2.05, 4.69) is 45.2 Å². The minimum Gasteiger partial charge on any atom is -0.357 e. The van der Waals surface area contributed by atoms with Crippen molar-refractivity contribution in [2.45, 2.75) is 39.8 Å². The van der Waals surface area contributed by atoms with E-state index in [-0.39, 0.29) is 29.9 Å². The number of aliphatic imine (C=N–C) groups is 1. The van der Waals surface area contributed by atoms with Crippen molar-refractivity contribution in [3.63, 3.8) is 0 Å². The molecule has 0 radical (unpaired) electrons. The van der Waals surface area contributed by atoms with E-state index in [1.165, 1.54) is 0 Å². The van der Waals surface area contributed by atoms with Crippen LogP contribution in [0.3, 0.4) is 0 Å². The molecule has 2 aromatic rings. The van der Waals surface area contributed by atoms with Crippen molar-refractivity contribution in [2.75, 3.05) is 13.6 Å². The van der Waals surface area contributed by atoms with Crippen molar-refractivity contribution < 1.29 is 4.79 Å². The normalized spacial score (nSPS) is 11.1. The van der Waals surface area contributed by atoms with Crippen molar-refractivity contribution in [1.82, 2.24) is 20.9 Å². The Morgan fingerprint density at radius 3 is 2.48 bits per heavy atom. The van der Waals surface area contributed by atoms with Crippen LogP contribution in [0.15, 0.2) is 34.6 Å². The average molecular weight is 501 g/mol. The maximum atomic E-state index is 11.6. The molecule has 0 unspecified atom stereocenters. The highest BCUT2D eigenvalue weighted by Crippen LogP contribution is 2.17. The highest BCUT2D eigenvalue weighted by Gasteiger charge is 2.07. The van der Waals surface area contributed by atoms with Crippen LogP contribution in [0, 0.1) is 0 Å². The van der Waals surface area contributed by atoms with Gasteiger partial charge in [-0.25, -0.2) is 9.98 Å². The third-order valence-corrected chi connectivity index (χ3v) is 4.64. The second kappa shape index (κ2) is 11.9. The average Bonchev–Trinajstić information content (AvgIpc) is 3.13. The molecular weight excluding hydrogens is 473 g/mol. The lowest BCUT2D eigenvalue weighted by Crippen LogP contribution is -2.36. The Kier molecular flexibility index (Phi) is 10.3. The number of amides is 1. The Hall–Kier alpha value is -1.68. The van der Waals surface area contributed by atoms with Crippen molar-refractivity contribution >= 4 is 47.2 Å². The summed E-state index contributed by atoms with van der Waals surface area (Å²) in [7, 11) is 1.63. The summed E-state index contributed by atoms with van der Waals surface area (Å²) in [6, 6.07) is 7.47. The molecule has 1 heterocycles. The first-order chi connectivity index (χ1) is 12.5. The number of carbonyl (C=O) groups is 1. The summed E-state index contributed by atoms with van der Waals surface area (Å²) in [5.41, 5.74) is 2.83. The maximum absolute atomic E-state index is 11.6. The molecule has 6 nitrogen and oxygen atoms in total. The van der Waals surface area contributed by atoms with Gasteiger partial charge in [0.1, 0.15) is 5.01 Å². The second-order valence-corrected chi connectivity index (χ2v) is 7.09. The van der Waals surface area contributed by atoms with Crippen molar-refractivity contribution in [1.29, 1.82) is 0 Å². The van der Waals surface area contributed by atoms with Gasteiger partial charge in [-0.15, -0.1) is 35.3 Å². The predicted octanol–water partition coefficient (Wildman–Crippen LogP) is 3.50. The number of hydrogen-bond acceptors (Lipinski definition) is 4. The molecule has 0 saturated carbocycles. The summed E-state index contributed by atoms with van der Waals surface area (Å²) in [4.78, 5) is 20.8. The number of thiazole rings is 1. The van der Waals surface area contributed by atoms with E-state index in [9.17, 15) is 4.79 Å². The fraction of sp³-hybridized carbons (Fsp3) is 0.421. The van der Waals surface area contributed by atoms with E-state index in [0.717, 1.165) is 28.8 Å². The number of nitrogens with zero attached hydrogens (tertiary/aromatic N) is 2. The van der Waals surface area contributed by atoms with E-state index < -0.39 is 0 Å². The van der Waals surface area contributed by atoms with Gasteiger partial charge in [0.2, 0.25) is 0 Å². The molecule has 1 aromatic heterocycles. The number of halogens is 1.